The van der Waals surface area contributed by atoms with Crippen LogP contribution in [0.5, 0.6) is 0 Å². The van der Waals surface area contributed by atoms with E-state index in [9.17, 15) is 19.4 Å². The molecule has 8 nitrogen and oxygen atoms in total. The van der Waals surface area contributed by atoms with Gasteiger partial charge in [-0.1, -0.05) is 262 Å². The SMILES string of the molecule is CCCCCCC/C=C\C/C=C\CCCCCCCCCCCCCCCCCCCCCCCCCC(=O)NC(COP(=O)(O)OCC[N+](C)(C)C)C(O)/C=C/CCCCCCCCCCC. The summed E-state index contributed by atoms with van der Waals surface area (Å²) in [4.78, 5) is 23.2. The molecule has 68 heavy (non-hydrogen) atoms. The Morgan fingerprint density at radius 3 is 1.21 bits per heavy atom. The molecule has 0 aliphatic heterocycles. The van der Waals surface area contributed by atoms with E-state index < -0.39 is 20.0 Å². The zero-order valence-electron chi connectivity index (χ0n) is 45.9. The van der Waals surface area contributed by atoms with E-state index in [1.54, 1.807) is 6.08 Å². The topological polar surface area (TPSA) is 105 Å². The van der Waals surface area contributed by atoms with Gasteiger partial charge in [-0.25, -0.2) is 4.57 Å². The third kappa shape index (κ3) is 52.5. The number of unbranched alkanes of at least 4 members (excludes halogenated alkanes) is 37. The Morgan fingerprint density at radius 1 is 0.500 bits per heavy atom. The highest BCUT2D eigenvalue weighted by molar-refractivity contribution is 7.47. The van der Waals surface area contributed by atoms with Crippen LogP contribution in [0.3, 0.4) is 0 Å². The highest BCUT2D eigenvalue weighted by Crippen LogP contribution is 2.43. The van der Waals surface area contributed by atoms with Crippen LogP contribution in [0.2, 0.25) is 0 Å². The van der Waals surface area contributed by atoms with Crippen LogP contribution in [0.1, 0.15) is 284 Å². The summed E-state index contributed by atoms with van der Waals surface area (Å²) in [7, 11) is 1.58. The molecule has 0 rings (SSSR count). The van der Waals surface area contributed by atoms with E-state index in [2.05, 4.69) is 43.5 Å². The molecule has 3 atom stereocenters. The number of aliphatic hydroxyl groups is 1. The van der Waals surface area contributed by atoms with E-state index in [4.69, 9.17) is 9.05 Å². The van der Waals surface area contributed by atoms with Gasteiger partial charge in [-0.3, -0.25) is 13.8 Å². The highest BCUT2D eigenvalue weighted by Gasteiger charge is 2.27. The fourth-order valence-electron chi connectivity index (χ4n) is 8.72. The number of allylic oxidation sites excluding steroid dienone is 5. The molecule has 0 heterocycles. The summed E-state index contributed by atoms with van der Waals surface area (Å²) >= 11 is 0. The number of phosphoric acid groups is 1. The van der Waals surface area contributed by atoms with Crippen molar-refractivity contribution in [2.75, 3.05) is 40.9 Å². The number of nitrogens with zero attached hydrogens (tertiary/aromatic N) is 1. The van der Waals surface area contributed by atoms with Crippen molar-refractivity contribution in [1.29, 1.82) is 0 Å². The van der Waals surface area contributed by atoms with Crippen molar-refractivity contribution in [2.45, 2.75) is 296 Å². The average molecular weight is 981 g/mol. The van der Waals surface area contributed by atoms with Crippen molar-refractivity contribution in [3.8, 4) is 0 Å². The van der Waals surface area contributed by atoms with Crippen molar-refractivity contribution in [2.24, 2.45) is 0 Å². The number of hydrogen-bond donors (Lipinski definition) is 3. The third-order valence-corrected chi connectivity index (χ3v) is 14.3. The molecule has 3 unspecified atom stereocenters. The van der Waals surface area contributed by atoms with Gasteiger partial charge in [0.2, 0.25) is 5.91 Å². The zero-order chi connectivity index (χ0) is 49.9. The summed E-state index contributed by atoms with van der Waals surface area (Å²) in [6.07, 6.45) is 65.6. The summed E-state index contributed by atoms with van der Waals surface area (Å²) in [6, 6.07) is -0.843. The molecule has 0 spiro atoms. The van der Waals surface area contributed by atoms with Crippen molar-refractivity contribution in [3.63, 3.8) is 0 Å². The zero-order valence-corrected chi connectivity index (χ0v) is 46.8. The fraction of sp³-hybridized carbons (Fsp3) is 0.881. The van der Waals surface area contributed by atoms with Crippen LogP contribution in [-0.4, -0.2) is 73.4 Å². The summed E-state index contributed by atoms with van der Waals surface area (Å²) in [5.74, 6) is -0.174. The molecule has 0 radical (unpaired) electrons. The Kier molecular flexibility index (Phi) is 49.7. The number of amides is 1. The van der Waals surface area contributed by atoms with Gasteiger partial charge in [-0.15, -0.1) is 0 Å². The van der Waals surface area contributed by atoms with Gasteiger partial charge in [0.25, 0.3) is 0 Å². The fourth-order valence-corrected chi connectivity index (χ4v) is 9.46. The number of phosphoric ester groups is 1. The second-order valence-electron chi connectivity index (χ2n) is 21.4. The molecule has 1 amide bonds. The van der Waals surface area contributed by atoms with Crippen LogP contribution in [0.25, 0.3) is 0 Å². The second kappa shape index (κ2) is 50.7. The van der Waals surface area contributed by atoms with E-state index in [1.807, 2.05) is 27.2 Å². The van der Waals surface area contributed by atoms with E-state index in [-0.39, 0.29) is 19.1 Å². The van der Waals surface area contributed by atoms with E-state index in [1.165, 1.54) is 218 Å². The maximum Gasteiger partial charge on any atom is 0.472 e. The Labute approximate surface area is 423 Å². The van der Waals surface area contributed by atoms with Gasteiger partial charge in [0, 0.05) is 6.42 Å². The molecule has 0 aromatic carbocycles. The average Bonchev–Trinajstić information content (AvgIpc) is 3.30. The van der Waals surface area contributed by atoms with Gasteiger partial charge in [0.15, 0.2) is 0 Å². The van der Waals surface area contributed by atoms with Crippen LogP contribution in [-0.2, 0) is 18.4 Å². The van der Waals surface area contributed by atoms with Crippen molar-refractivity contribution < 1.29 is 32.9 Å². The first kappa shape index (κ1) is 66.7. The predicted octanol–water partition coefficient (Wildman–Crippen LogP) is 17.8. The molecule has 0 aliphatic carbocycles. The van der Waals surface area contributed by atoms with Crippen LogP contribution in [0.15, 0.2) is 36.5 Å². The molecule has 0 aromatic heterocycles. The number of likely N-dealkylation sites (N-methyl/N-ethyl adjacent to an activating group) is 1. The number of nitrogens with one attached hydrogen (secondary N) is 1. The molecule has 3 N–H and O–H groups in total. The molecule has 0 saturated carbocycles. The second-order valence-corrected chi connectivity index (χ2v) is 22.8. The number of quaternary nitrogens is 1. The molecule has 0 aromatic rings. The Morgan fingerprint density at radius 2 is 0.838 bits per heavy atom. The Hall–Kier alpha value is -1.28. The van der Waals surface area contributed by atoms with Gasteiger partial charge < -0.3 is 19.8 Å². The Bertz CT molecular complexity index is 1200. The number of carbonyl (C=O) groups is 1. The van der Waals surface area contributed by atoms with Crippen molar-refractivity contribution in [1.82, 2.24) is 5.32 Å². The first-order valence-electron chi connectivity index (χ1n) is 29.4. The lowest BCUT2D eigenvalue weighted by Crippen LogP contribution is -2.45. The normalized spacial score (nSPS) is 14.2. The number of carbonyl (C=O) groups excluding carboxylic acids is 1. The molecule has 0 bridgehead atoms. The van der Waals surface area contributed by atoms with Crippen molar-refractivity contribution in [3.05, 3.63) is 36.5 Å². The van der Waals surface area contributed by atoms with E-state index >= 15 is 0 Å². The molecule has 0 saturated heterocycles. The van der Waals surface area contributed by atoms with Gasteiger partial charge in [0.1, 0.15) is 13.2 Å². The van der Waals surface area contributed by atoms with Crippen LogP contribution in [0.4, 0.5) is 0 Å². The smallest absolute Gasteiger partial charge is 0.387 e. The standard InChI is InChI=1S/C59H115N2O6P/c1-6-8-10-12-14-16-18-19-20-21-22-23-24-25-26-27-28-29-30-31-32-33-34-35-36-37-38-39-40-41-43-45-47-49-51-53-59(63)60-57(56-67-68(64,65)66-55-54-61(3,4)5)58(62)52-50-48-46-44-42-17-15-13-11-9-7-2/h18-19,21-22,50,52,57-58,62H,6-17,20,23-49,51,53-56H2,1-5H3,(H-,60,63,64,65)/p+1/b19-18-,22-21-,52-50+. The Balaban J connectivity index is 3.90. The number of aliphatic hydroxyl groups excluding tert-OH is 1. The van der Waals surface area contributed by atoms with Gasteiger partial charge in [0.05, 0.1) is 39.9 Å². The number of hydrogen-bond acceptors (Lipinski definition) is 5. The monoisotopic (exact) mass is 980 g/mol. The summed E-state index contributed by atoms with van der Waals surface area (Å²) in [6.45, 7) is 4.81. The van der Waals surface area contributed by atoms with Gasteiger partial charge in [-0.2, -0.15) is 0 Å². The lowest BCUT2D eigenvalue weighted by Gasteiger charge is -2.25. The van der Waals surface area contributed by atoms with Gasteiger partial charge >= 0.3 is 7.82 Å². The minimum Gasteiger partial charge on any atom is -0.387 e. The lowest BCUT2D eigenvalue weighted by molar-refractivity contribution is -0.870. The van der Waals surface area contributed by atoms with Crippen molar-refractivity contribution >= 4 is 13.7 Å². The highest BCUT2D eigenvalue weighted by atomic mass is 31.2. The lowest BCUT2D eigenvalue weighted by atomic mass is 10.0. The predicted molar refractivity (Wildman–Crippen MR) is 295 cm³/mol. The van der Waals surface area contributed by atoms with Crippen LogP contribution >= 0.6 is 7.82 Å². The quantitative estimate of drug-likeness (QED) is 0.0243. The first-order chi connectivity index (χ1) is 33.0. The van der Waals surface area contributed by atoms with Crippen LogP contribution < -0.4 is 5.32 Å². The molecule has 402 valence electrons. The first-order valence-corrected chi connectivity index (χ1v) is 30.9. The molecule has 0 aliphatic rings. The maximum absolute atomic E-state index is 12.9. The summed E-state index contributed by atoms with van der Waals surface area (Å²) < 4.78 is 23.6. The minimum absolute atomic E-state index is 0.0632. The largest absolute Gasteiger partial charge is 0.472 e. The molecule has 0 fully saturated rings. The van der Waals surface area contributed by atoms with E-state index in [0.29, 0.717) is 17.4 Å². The minimum atomic E-state index is -4.34. The van der Waals surface area contributed by atoms with Crippen LogP contribution in [0, 0.1) is 0 Å². The summed E-state index contributed by atoms with van der Waals surface area (Å²) in [5.41, 5.74) is 0. The maximum atomic E-state index is 12.9. The molecular formula is C59H116N2O6P+. The molecular weight excluding hydrogens is 864 g/mol. The third-order valence-electron chi connectivity index (χ3n) is 13.4. The van der Waals surface area contributed by atoms with E-state index in [0.717, 1.165) is 44.9 Å². The summed E-state index contributed by atoms with van der Waals surface area (Å²) in [5, 5.41) is 13.9. The van der Waals surface area contributed by atoms with Gasteiger partial charge in [-0.05, 0) is 51.4 Å². The number of rotatable bonds is 54. The molecule has 9 heteroatoms.